The first kappa shape index (κ1) is 18.2. The molecule has 27 heavy (non-hydrogen) atoms. The van der Waals surface area contributed by atoms with Crippen LogP contribution < -0.4 is 5.73 Å². The number of thioether (sulfide) groups is 1. The van der Waals surface area contributed by atoms with Crippen LogP contribution in [0.15, 0.2) is 47.2 Å². The first-order valence-corrected chi connectivity index (χ1v) is 10.2. The highest BCUT2D eigenvalue weighted by atomic mass is 35.5. The maximum Gasteiger partial charge on any atom is 0.174 e. The lowest BCUT2D eigenvalue weighted by Crippen LogP contribution is -2.04. The minimum atomic E-state index is 0.407. The Morgan fingerprint density at radius 2 is 2.04 bits per heavy atom. The third kappa shape index (κ3) is 3.91. The van der Waals surface area contributed by atoms with Crippen LogP contribution in [0.5, 0.6) is 0 Å². The zero-order valence-corrected chi connectivity index (χ0v) is 16.7. The molecule has 0 bridgehead atoms. The molecule has 0 amide bonds. The van der Waals surface area contributed by atoms with Gasteiger partial charge in [0.05, 0.1) is 16.8 Å². The first-order chi connectivity index (χ1) is 13.1. The van der Waals surface area contributed by atoms with Gasteiger partial charge in [0, 0.05) is 18.1 Å². The van der Waals surface area contributed by atoms with Crippen LogP contribution in [0.25, 0.3) is 16.4 Å². The van der Waals surface area contributed by atoms with Gasteiger partial charge in [-0.15, -0.1) is 10.2 Å². The monoisotopic (exact) mass is 435 g/mol. The summed E-state index contributed by atoms with van der Waals surface area (Å²) in [5.41, 5.74) is 7.99. The molecule has 2 N–H and O–H groups in total. The van der Waals surface area contributed by atoms with Crippen LogP contribution >= 0.6 is 46.3 Å². The number of aromatic nitrogens is 6. The zero-order chi connectivity index (χ0) is 18.8. The summed E-state index contributed by atoms with van der Waals surface area (Å²) in [5, 5.41) is 14.4. The van der Waals surface area contributed by atoms with Crippen LogP contribution in [0.2, 0.25) is 10.2 Å². The van der Waals surface area contributed by atoms with Crippen molar-refractivity contribution in [2.24, 2.45) is 0 Å². The van der Waals surface area contributed by atoms with Gasteiger partial charge in [-0.3, -0.25) is 0 Å². The highest BCUT2D eigenvalue weighted by molar-refractivity contribution is 8.00. The minimum absolute atomic E-state index is 0.407. The molecule has 0 aliphatic heterocycles. The van der Waals surface area contributed by atoms with Crippen LogP contribution in [-0.2, 0) is 5.75 Å². The quantitative estimate of drug-likeness (QED) is 0.367. The predicted molar refractivity (Wildman–Crippen MR) is 108 cm³/mol. The molecule has 0 spiro atoms. The Morgan fingerprint density at radius 1 is 1.15 bits per heavy atom. The second-order valence-electron chi connectivity index (χ2n) is 5.31. The lowest BCUT2D eigenvalue weighted by atomic mass is 10.3. The van der Waals surface area contributed by atoms with E-state index in [2.05, 4.69) is 25.3 Å². The smallest absolute Gasteiger partial charge is 0.174 e. The van der Waals surface area contributed by atoms with Crippen molar-refractivity contribution in [3.05, 3.63) is 58.6 Å². The average molecular weight is 436 g/mol. The molecule has 0 atom stereocenters. The second kappa shape index (κ2) is 7.81. The highest BCUT2D eigenvalue weighted by Gasteiger charge is 2.17. The fourth-order valence-corrected chi connectivity index (χ4v) is 4.49. The Morgan fingerprint density at radius 3 is 2.85 bits per heavy atom. The van der Waals surface area contributed by atoms with Crippen LogP contribution in [0.3, 0.4) is 0 Å². The van der Waals surface area contributed by atoms with Crippen molar-refractivity contribution >= 4 is 52.1 Å². The van der Waals surface area contributed by atoms with Gasteiger partial charge < -0.3 is 5.73 Å². The summed E-state index contributed by atoms with van der Waals surface area (Å²) in [6.45, 7) is 0. The average Bonchev–Trinajstić information content (AvgIpc) is 3.27. The van der Waals surface area contributed by atoms with E-state index in [-0.39, 0.29) is 0 Å². The Kier molecular flexibility index (Phi) is 5.26. The fourth-order valence-electron chi connectivity index (χ4n) is 2.28. The van der Waals surface area contributed by atoms with E-state index in [1.165, 1.54) is 16.0 Å². The topological polar surface area (TPSA) is 95.4 Å². The van der Waals surface area contributed by atoms with Crippen LogP contribution in [0, 0.1) is 0 Å². The number of anilines is 1. The van der Waals surface area contributed by atoms with Gasteiger partial charge in [0.1, 0.15) is 11.0 Å². The Balaban J connectivity index is 1.54. The molecule has 0 saturated heterocycles. The van der Waals surface area contributed by atoms with E-state index in [9.17, 15) is 0 Å². The predicted octanol–water partition coefficient (Wildman–Crippen LogP) is 4.36. The van der Waals surface area contributed by atoms with Gasteiger partial charge in [0.15, 0.2) is 15.2 Å². The second-order valence-corrected chi connectivity index (χ2v) is 8.31. The van der Waals surface area contributed by atoms with Crippen molar-refractivity contribution in [3.8, 4) is 16.4 Å². The SMILES string of the molecule is Nc1c(-c2nnc(SCc3ccnc(Cl)c3)s2)cnn1-c1ncccc1Cl. The van der Waals surface area contributed by atoms with Crippen molar-refractivity contribution in [2.75, 3.05) is 5.73 Å². The molecule has 0 aliphatic rings. The lowest BCUT2D eigenvalue weighted by molar-refractivity contribution is 0.857. The summed E-state index contributed by atoms with van der Waals surface area (Å²) >= 11 is 15.1. The number of halogens is 2. The van der Waals surface area contributed by atoms with E-state index in [1.807, 2.05) is 12.1 Å². The molecule has 7 nitrogen and oxygen atoms in total. The van der Waals surface area contributed by atoms with Crippen molar-refractivity contribution in [1.82, 2.24) is 29.9 Å². The van der Waals surface area contributed by atoms with Gasteiger partial charge in [0.25, 0.3) is 0 Å². The maximum absolute atomic E-state index is 6.24. The molecule has 0 fully saturated rings. The summed E-state index contributed by atoms with van der Waals surface area (Å²) in [7, 11) is 0. The summed E-state index contributed by atoms with van der Waals surface area (Å²) in [6.07, 6.45) is 4.95. The fraction of sp³-hybridized carbons (Fsp3) is 0.0625. The molecule has 4 heterocycles. The molecular formula is C16H11Cl2N7S2. The number of nitrogens with two attached hydrogens (primary N) is 1. The van der Waals surface area contributed by atoms with Gasteiger partial charge in [-0.2, -0.15) is 9.78 Å². The number of pyridine rings is 2. The molecule has 4 rings (SSSR count). The van der Waals surface area contributed by atoms with Gasteiger partial charge in [-0.05, 0) is 29.8 Å². The van der Waals surface area contributed by atoms with Crippen molar-refractivity contribution in [3.63, 3.8) is 0 Å². The molecule has 4 aromatic heterocycles. The Hall–Kier alpha value is -2.20. The van der Waals surface area contributed by atoms with Crippen molar-refractivity contribution < 1.29 is 0 Å². The number of hydrogen-bond donors (Lipinski definition) is 1. The van der Waals surface area contributed by atoms with E-state index < -0.39 is 0 Å². The lowest BCUT2D eigenvalue weighted by Gasteiger charge is -2.04. The van der Waals surface area contributed by atoms with E-state index in [1.54, 1.807) is 42.5 Å². The summed E-state index contributed by atoms with van der Waals surface area (Å²) in [4.78, 5) is 8.20. The zero-order valence-electron chi connectivity index (χ0n) is 13.6. The minimum Gasteiger partial charge on any atom is -0.383 e. The Bertz CT molecular complexity index is 1100. The maximum atomic E-state index is 6.24. The highest BCUT2D eigenvalue weighted by Crippen LogP contribution is 2.35. The third-order valence-electron chi connectivity index (χ3n) is 3.54. The summed E-state index contributed by atoms with van der Waals surface area (Å²) in [6, 6.07) is 7.22. The van der Waals surface area contributed by atoms with E-state index in [0.29, 0.717) is 32.4 Å². The number of nitrogen functional groups attached to an aromatic ring is 1. The molecule has 0 aromatic carbocycles. The van der Waals surface area contributed by atoms with Crippen molar-refractivity contribution in [2.45, 2.75) is 10.1 Å². The van der Waals surface area contributed by atoms with E-state index >= 15 is 0 Å². The summed E-state index contributed by atoms with van der Waals surface area (Å²) < 4.78 is 2.31. The molecule has 136 valence electrons. The van der Waals surface area contributed by atoms with Gasteiger partial charge in [-0.1, -0.05) is 46.3 Å². The molecule has 0 unspecified atom stereocenters. The third-order valence-corrected chi connectivity index (χ3v) is 6.20. The van der Waals surface area contributed by atoms with Crippen molar-refractivity contribution in [1.29, 1.82) is 0 Å². The van der Waals surface area contributed by atoms with Gasteiger partial charge >= 0.3 is 0 Å². The van der Waals surface area contributed by atoms with E-state index in [4.69, 9.17) is 28.9 Å². The molecule has 0 saturated carbocycles. The number of rotatable bonds is 5. The van der Waals surface area contributed by atoms with Crippen LogP contribution in [-0.4, -0.2) is 29.9 Å². The largest absolute Gasteiger partial charge is 0.383 e. The number of nitrogens with zero attached hydrogens (tertiary/aromatic N) is 6. The van der Waals surface area contributed by atoms with Gasteiger partial charge in [-0.25, -0.2) is 9.97 Å². The van der Waals surface area contributed by atoms with Gasteiger partial charge in [0.2, 0.25) is 0 Å². The molecule has 0 radical (unpaired) electrons. The first-order valence-electron chi connectivity index (χ1n) is 7.63. The standard InChI is InChI=1S/C16H11Cl2N7S2/c17-11-2-1-4-21-14(11)25-13(19)10(7-22-25)15-23-24-16(27-15)26-8-9-3-5-20-12(18)6-9/h1-7H,8,19H2. The molecular weight excluding hydrogens is 425 g/mol. The molecule has 0 aliphatic carbocycles. The molecule has 11 heteroatoms. The number of hydrogen-bond acceptors (Lipinski definition) is 8. The normalized spacial score (nSPS) is 11.0. The molecule has 4 aromatic rings. The van der Waals surface area contributed by atoms with E-state index in [0.717, 1.165) is 15.7 Å². The van der Waals surface area contributed by atoms with Crippen LogP contribution in [0.4, 0.5) is 5.82 Å². The van der Waals surface area contributed by atoms with Crippen LogP contribution in [0.1, 0.15) is 5.56 Å². The summed E-state index contributed by atoms with van der Waals surface area (Å²) in [5.74, 6) is 1.59. The Labute approximate surface area is 172 Å².